The van der Waals surface area contributed by atoms with Crippen molar-refractivity contribution in [3.8, 4) is 11.4 Å². The first-order chi connectivity index (χ1) is 11.6. The summed E-state index contributed by atoms with van der Waals surface area (Å²) in [7, 11) is 0. The summed E-state index contributed by atoms with van der Waals surface area (Å²) in [6.07, 6.45) is 3.55. The number of carbonyl (C=O) groups is 1. The van der Waals surface area contributed by atoms with E-state index in [-0.39, 0.29) is 0 Å². The Bertz CT molecular complexity index is 847. The lowest BCUT2D eigenvalue weighted by Crippen LogP contribution is -2.10. The summed E-state index contributed by atoms with van der Waals surface area (Å²) >= 11 is 0. The molecule has 0 radical (unpaired) electrons. The molecule has 0 saturated carbocycles. The predicted molar refractivity (Wildman–Crippen MR) is 92.3 cm³/mol. The summed E-state index contributed by atoms with van der Waals surface area (Å²) in [5, 5.41) is 3.28. The Kier molecular flexibility index (Phi) is 4.47. The zero-order valence-electron chi connectivity index (χ0n) is 13.2. The summed E-state index contributed by atoms with van der Waals surface area (Å²) in [6.45, 7) is 2.54. The average molecular weight is 319 g/mol. The number of rotatable bonds is 5. The zero-order chi connectivity index (χ0) is 16.9. The Morgan fingerprint density at radius 2 is 1.96 bits per heavy atom. The van der Waals surface area contributed by atoms with Crippen LogP contribution in [0.2, 0.25) is 0 Å². The van der Waals surface area contributed by atoms with E-state index >= 15 is 0 Å². The number of carbonyl (C=O) groups excluding carboxylic acids is 1. The van der Waals surface area contributed by atoms with E-state index in [1.165, 1.54) is 0 Å². The number of hydrogen-bond donors (Lipinski definition) is 2. The molecule has 2 heterocycles. The molecule has 6 nitrogen and oxygen atoms in total. The van der Waals surface area contributed by atoms with Crippen molar-refractivity contribution in [2.45, 2.75) is 13.5 Å². The number of benzene rings is 1. The van der Waals surface area contributed by atoms with Gasteiger partial charge >= 0.3 is 0 Å². The third-order valence-corrected chi connectivity index (χ3v) is 3.48. The van der Waals surface area contributed by atoms with Crippen molar-refractivity contribution in [3.05, 3.63) is 71.7 Å². The highest BCUT2D eigenvalue weighted by atomic mass is 16.1. The third-order valence-electron chi connectivity index (χ3n) is 3.48. The van der Waals surface area contributed by atoms with Crippen molar-refractivity contribution < 1.29 is 4.79 Å². The van der Waals surface area contributed by atoms with Gasteiger partial charge in [-0.15, -0.1) is 0 Å². The Hall–Kier alpha value is -3.28. The fourth-order valence-electron chi connectivity index (χ4n) is 2.27. The molecule has 6 heteroatoms. The molecule has 0 fully saturated rings. The molecule has 0 aliphatic carbocycles. The smallest absolute Gasteiger partial charge is 0.248 e. The van der Waals surface area contributed by atoms with Gasteiger partial charge in [-0.3, -0.25) is 9.78 Å². The van der Waals surface area contributed by atoms with Crippen LogP contribution >= 0.6 is 0 Å². The van der Waals surface area contributed by atoms with E-state index in [1.54, 1.807) is 30.5 Å². The van der Waals surface area contributed by atoms with Gasteiger partial charge in [0.1, 0.15) is 5.82 Å². The summed E-state index contributed by atoms with van der Waals surface area (Å²) in [6, 6.07) is 12.7. The number of aryl methyl sites for hydroxylation is 1. The lowest BCUT2D eigenvalue weighted by molar-refractivity contribution is 0.100. The maximum atomic E-state index is 11.2. The van der Waals surface area contributed by atoms with Crippen LogP contribution in [-0.4, -0.2) is 20.9 Å². The molecule has 0 spiro atoms. The predicted octanol–water partition coefficient (Wildman–Crippen LogP) is 2.56. The van der Waals surface area contributed by atoms with Gasteiger partial charge in [0.05, 0.1) is 0 Å². The maximum Gasteiger partial charge on any atom is 0.248 e. The van der Waals surface area contributed by atoms with Crippen molar-refractivity contribution >= 4 is 11.7 Å². The van der Waals surface area contributed by atoms with Crippen LogP contribution in [0.1, 0.15) is 21.6 Å². The second-order valence-electron chi connectivity index (χ2n) is 5.37. The van der Waals surface area contributed by atoms with Gasteiger partial charge in [0.15, 0.2) is 5.82 Å². The number of nitrogens with zero attached hydrogens (tertiary/aromatic N) is 3. The van der Waals surface area contributed by atoms with Crippen LogP contribution in [0.4, 0.5) is 5.82 Å². The molecule has 0 saturated heterocycles. The zero-order valence-corrected chi connectivity index (χ0v) is 13.2. The Morgan fingerprint density at radius 1 is 1.17 bits per heavy atom. The first-order valence-electron chi connectivity index (χ1n) is 7.50. The molecule has 0 bridgehead atoms. The number of nitrogens with one attached hydrogen (secondary N) is 1. The van der Waals surface area contributed by atoms with E-state index < -0.39 is 5.91 Å². The quantitative estimate of drug-likeness (QED) is 0.754. The number of aromatic nitrogens is 3. The van der Waals surface area contributed by atoms with Crippen molar-refractivity contribution in [1.29, 1.82) is 0 Å². The number of nitrogens with two attached hydrogens (primary N) is 1. The van der Waals surface area contributed by atoms with Crippen LogP contribution < -0.4 is 11.1 Å². The molecular formula is C18H17N5O. The molecule has 3 rings (SSSR count). The maximum absolute atomic E-state index is 11.2. The lowest BCUT2D eigenvalue weighted by Gasteiger charge is -2.09. The minimum absolute atomic E-state index is 0.453. The van der Waals surface area contributed by atoms with Crippen molar-refractivity contribution in [1.82, 2.24) is 15.0 Å². The van der Waals surface area contributed by atoms with Gasteiger partial charge in [-0.25, -0.2) is 9.97 Å². The number of anilines is 1. The molecular weight excluding hydrogens is 302 g/mol. The molecule has 0 aliphatic rings. The van der Waals surface area contributed by atoms with Gasteiger partial charge in [0.2, 0.25) is 5.91 Å². The number of hydrogen-bond acceptors (Lipinski definition) is 5. The molecule has 1 aromatic carbocycles. The average Bonchev–Trinajstić information content (AvgIpc) is 2.60. The Balaban J connectivity index is 1.82. The lowest BCUT2D eigenvalue weighted by atomic mass is 10.1. The standard InChI is InChI=1S/C18H17N5O/c1-12-9-16(21-11-13-3-2-8-20-10-13)23-18(22-12)15-6-4-14(5-7-15)17(19)24/h2-10H,11H2,1H3,(H2,19,24)(H,21,22,23). The molecule has 0 atom stereocenters. The highest BCUT2D eigenvalue weighted by Crippen LogP contribution is 2.19. The molecule has 2 aromatic heterocycles. The van der Waals surface area contributed by atoms with E-state index in [1.807, 2.05) is 31.3 Å². The van der Waals surface area contributed by atoms with Crippen LogP contribution in [0, 0.1) is 6.92 Å². The largest absolute Gasteiger partial charge is 0.366 e. The number of primary amides is 1. The molecule has 3 N–H and O–H groups in total. The first-order valence-corrected chi connectivity index (χ1v) is 7.50. The first kappa shape index (κ1) is 15.6. The summed E-state index contributed by atoms with van der Waals surface area (Å²) in [5.74, 6) is 0.880. The Morgan fingerprint density at radius 3 is 2.62 bits per heavy atom. The normalized spacial score (nSPS) is 10.4. The van der Waals surface area contributed by atoms with Gasteiger partial charge in [-0.2, -0.15) is 0 Å². The van der Waals surface area contributed by atoms with Crippen LogP contribution in [-0.2, 0) is 6.54 Å². The summed E-state index contributed by atoms with van der Waals surface area (Å²) in [5.41, 5.74) is 8.47. The SMILES string of the molecule is Cc1cc(NCc2cccnc2)nc(-c2ccc(C(N)=O)cc2)n1. The van der Waals surface area contributed by atoms with Crippen molar-refractivity contribution in [3.63, 3.8) is 0 Å². The molecule has 3 aromatic rings. The fourth-order valence-corrected chi connectivity index (χ4v) is 2.27. The molecule has 24 heavy (non-hydrogen) atoms. The van der Waals surface area contributed by atoms with Crippen LogP contribution in [0.25, 0.3) is 11.4 Å². The summed E-state index contributed by atoms with van der Waals surface area (Å²) in [4.78, 5) is 24.2. The van der Waals surface area contributed by atoms with Gasteiger partial charge in [-0.05, 0) is 30.7 Å². The van der Waals surface area contributed by atoms with Crippen LogP contribution in [0.3, 0.4) is 0 Å². The second-order valence-corrected chi connectivity index (χ2v) is 5.37. The molecule has 120 valence electrons. The van der Waals surface area contributed by atoms with Crippen molar-refractivity contribution in [2.24, 2.45) is 5.73 Å². The van der Waals surface area contributed by atoms with E-state index in [9.17, 15) is 4.79 Å². The van der Waals surface area contributed by atoms with Gasteiger partial charge < -0.3 is 11.1 Å². The molecule has 1 amide bonds. The number of amides is 1. The van der Waals surface area contributed by atoms with Crippen LogP contribution in [0.15, 0.2) is 54.9 Å². The highest BCUT2D eigenvalue weighted by Gasteiger charge is 2.07. The van der Waals surface area contributed by atoms with E-state index in [4.69, 9.17) is 5.73 Å². The van der Waals surface area contributed by atoms with Gasteiger partial charge in [0.25, 0.3) is 0 Å². The molecule has 0 unspecified atom stereocenters. The van der Waals surface area contributed by atoms with Gasteiger partial charge in [0, 0.05) is 41.8 Å². The monoisotopic (exact) mass is 319 g/mol. The van der Waals surface area contributed by atoms with E-state index in [2.05, 4.69) is 20.3 Å². The third kappa shape index (κ3) is 3.73. The minimum Gasteiger partial charge on any atom is -0.366 e. The fraction of sp³-hybridized carbons (Fsp3) is 0.111. The van der Waals surface area contributed by atoms with Gasteiger partial charge in [-0.1, -0.05) is 18.2 Å². The Labute approximate surface area is 139 Å². The van der Waals surface area contributed by atoms with Crippen molar-refractivity contribution in [2.75, 3.05) is 5.32 Å². The summed E-state index contributed by atoms with van der Waals surface area (Å²) < 4.78 is 0. The van der Waals surface area contributed by atoms with Crippen LogP contribution in [0.5, 0.6) is 0 Å². The minimum atomic E-state index is -0.453. The molecule has 0 aliphatic heterocycles. The van der Waals surface area contributed by atoms with E-state index in [0.29, 0.717) is 17.9 Å². The number of pyridine rings is 1. The second kappa shape index (κ2) is 6.87. The highest BCUT2D eigenvalue weighted by molar-refractivity contribution is 5.93. The topological polar surface area (TPSA) is 93.8 Å². The van der Waals surface area contributed by atoms with E-state index in [0.717, 1.165) is 22.6 Å².